The smallest absolute Gasteiger partial charge is 0.0211 e. The molecule has 0 aliphatic carbocycles. The number of rotatable bonds is 4. The molecule has 0 saturated carbocycles. The van der Waals surface area contributed by atoms with Gasteiger partial charge < -0.3 is 10.2 Å². The van der Waals surface area contributed by atoms with Crippen molar-refractivity contribution < 1.29 is 0 Å². The number of aryl methyl sites for hydroxylation is 1. The van der Waals surface area contributed by atoms with Gasteiger partial charge in [-0.3, -0.25) is 0 Å². The van der Waals surface area contributed by atoms with Crippen molar-refractivity contribution in [2.75, 3.05) is 26.2 Å². The van der Waals surface area contributed by atoms with Gasteiger partial charge in [-0.2, -0.15) is 0 Å². The van der Waals surface area contributed by atoms with E-state index in [0.29, 0.717) is 0 Å². The van der Waals surface area contributed by atoms with Crippen LogP contribution in [0, 0.1) is 0 Å². The average molecular weight is 258 g/mol. The van der Waals surface area contributed by atoms with Crippen LogP contribution in [0.5, 0.6) is 0 Å². The average Bonchev–Trinajstić information content (AvgIpc) is 2.49. The van der Waals surface area contributed by atoms with Gasteiger partial charge in [0.05, 0.1) is 0 Å². The van der Waals surface area contributed by atoms with Crippen molar-refractivity contribution >= 4 is 0 Å². The molecule has 3 rings (SSSR count). The molecule has 0 unspecified atom stereocenters. The van der Waals surface area contributed by atoms with Crippen LogP contribution in [0.3, 0.4) is 0 Å². The lowest BCUT2D eigenvalue weighted by molar-refractivity contribution is 0.226. The van der Waals surface area contributed by atoms with Crippen molar-refractivity contribution in [3.05, 3.63) is 34.9 Å². The first kappa shape index (κ1) is 13.1. The summed E-state index contributed by atoms with van der Waals surface area (Å²) in [4.78, 5) is 2.65. The number of hydrogen-bond acceptors (Lipinski definition) is 2. The van der Waals surface area contributed by atoms with Crippen LogP contribution in [-0.4, -0.2) is 31.1 Å². The number of nitrogens with zero attached hydrogens (tertiary/aromatic N) is 1. The van der Waals surface area contributed by atoms with Crippen LogP contribution in [0.1, 0.15) is 42.4 Å². The zero-order valence-electron chi connectivity index (χ0n) is 12.0. The third-order valence-corrected chi connectivity index (χ3v) is 4.61. The van der Waals surface area contributed by atoms with Crippen molar-refractivity contribution in [1.29, 1.82) is 0 Å². The van der Waals surface area contributed by atoms with E-state index in [1.54, 1.807) is 16.7 Å². The maximum absolute atomic E-state index is 3.51. The van der Waals surface area contributed by atoms with Gasteiger partial charge in [-0.1, -0.05) is 24.6 Å². The van der Waals surface area contributed by atoms with Crippen LogP contribution in [0.25, 0.3) is 0 Å². The van der Waals surface area contributed by atoms with E-state index in [-0.39, 0.29) is 0 Å². The summed E-state index contributed by atoms with van der Waals surface area (Å²) in [5.74, 6) is 0. The molecule has 1 fully saturated rings. The molecule has 0 bridgehead atoms. The fraction of sp³-hybridized carbons (Fsp3) is 0.647. The highest BCUT2D eigenvalue weighted by atomic mass is 15.1. The van der Waals surface area contributed by atoms with Crippen molar-refractivity contribution in [3.63, 3.8) is 0 Å². The van der Waals surface area contributed by atoms with Gasteiger partial charge in [0, 0.05) is 6.54 Å². The van der Waals surface area contributed by atoms with Crippen molar-refractivity contribution in [2.24, 2.45) is 0 Å². The molecule has 0 radical (unpaired) electrons. The van der Waals surface area contributed by atoms with Crippen LogP contribution in [0.2, 0.25) is 0 Å². The third kappa shape index (κ3) is 3.37. The minimum absolute atomic E-state index is 1.08. The summed E-state index contributed by atoms with van der Waals surface area (Å²) >= 11 is 0. The maximum Gasteiger partial charge on any atom is 0.0211 e. The Morgan fingerprint density at radius 1 is 1.11 bits per heavy atom. The number of nitrogens with one attached hydrogen (secondary N) is 1. The summed E-state index contributed by atoms with van der Waals surface area (Å²) in [6, 6.07) is 6.90. The number of fused-ring (bicyclic) bond motifs is 1. The van der Waals surface area contributed by atoms with E-state index >= 15 is 0 Å². The fourth-order valence-electron chi connectivity index (χ4n) is 3.50. The zero-order valence-corrected chi connectivity index (χ0v) is 12.0. The lowest BCUT2D eigenvalue weighted by Gasteiger charge is -2.26. The minimum Gasteiger partial charge on any atom is -0.312 e. The highest BCUT2D eigenvalue weighted by molar-refractivity contribution is 5.37. The second-order valence-corrected chi connectivity index (χ2v) is 5.99. The highest BCUT2D eigenvalue weighted by Crippen LogP contribution is 2.20. The Morgan fingerprint density at radius 3 is 2.89 bits per heavy atom. The monoisotopic (exact) mass is 258 g/mol. The van der Waals surface area contributed by atoms with Gasteiger partial charge in [0.15, 0.2) is 0 Å². The second kappa shape index (κ2) is 6.53. The van der Waals surface area contributed by atoms with E-state index < -0.39 is 0 Å². The van der Waals surface area contributed by atoms with Gasteiger partial charge in [0.1, 0.15) is 0 Å². The third-order valence-electron chi connectivity index (χ3n) is 4.61. The van der Waals surface area contributed by atoms with Crippen LogP contribution >= 0.6 is 0 Å². The van der Waals surface area contributed by atoms with Crippen LogP contribution in [0.15, 0.2) is 18.2 Å². The molecule has 1 aromatic carbocycles. The summed E-state index contributed by atoms with van der Waals surface area (Å²) in [6.45, 7) is 6.17. The SMILES string of the molecule is c1cc(CCCN2CCCCC2)c2c(c1)CCNC2. The molecule has 1 aromatic rings. The zero-order chi connectivity index (χ0) is 12.9. The van der Waals surface area contributed by atoms with Crippen LogP contribution in [-0.2, 0) is 19.4 Å². The predicted octanol–water partition coefficient (Wildman–Crippen LogP) is 2.75. The highest BCUT2D eigenvalue weighted by Gasteiger charge is 2.13. The molecular weight excluding hydrogens is 232 g/mol. The van der Waals surface area contributed by atoms with Gasteiger partial charge in [-0.25, -0.2) is 0 Å². The molecule has 2 heterocycles. The molecule has 2 nitrogen and oxygen atoms in total. The van der Waals surface area contributed by atoms with E-state index in [1.807, 2.05) is 0 Å². The Labute approximate surface area is 117 Å². The number of hydrogen-bond donors (Lipinski definition) is 1. The summed E-state index contributed by atoms with van der Waals surface area (Å²) in [5.41, 5.74) is 4.75. The molecule has 0 aromatic heterocycles. The van der Waals surface area contributed by atoms with Gasteiger partial charge in [-0.15, -0.1) is 0 Å². The molecule has 1 N–H and O–H groups in total. The summed E-state index contributed by atoms with van der Waals surface area (Å²) in [6.07, 6.45) is 8.02. The van der Waals surface area contributed by atoms with E-state index in [4.69, 9.17) is 0 Å². The number of piperidine rings is 1. The molecule has 2 aliphatic rings. The molecule has 0 amide bonds. The van der Waals surface area contributed by atoms with Crippen molar-refractivity contribution in [2.45, 2.75) is 45.1 Å². The first-order chi connectivity index (χ1) is 9.43. The minimum atomic E-state index is 1.08. The van der Waals surface area contributed by atoms with Crippen LogP contribution in [0.4, 0.5) is 0 Å². The first-order valence-electron chi connectivity index (χ1n) is 7.96. The molecule has 2 heteroatoms. The largest absolute Gasteiger partial charge is 0.312 e. The Hall–Kier alpha value is -0.860. The van der Waals surface area contributed by atoms with Gasteiger partial charge in [0.25, 0.3) is 0 Å². The quantitative estimate of drug-likeness (QED) is 0.893. The Kier molecular flexibility index (Phi) is 4.52. The maximum atomic E-state index is 3.51. The molecular formula is C17H26N2. The Morgan fingerprint density at radius 2 is 2.00 bits per heavy atom. The Balaban J connectivity index is 1.54. The fourth-order valence-corrected chi connectivity index (χ4v) is 3.50. The lowest BCUT2D eigenvalue weighted by Crippen LogP contribution is -2.31. The second-order valence-electron chi connectivity index (χ2n) is 5.99. The molecule has 0 spiro atoms. The van der Waals surface area contributed by atoms with Gasteiger partial charge >= 0.3 is 0 Å². The van der Waals surface area contributed by atoms with E-state index in [2.05, 4.69) is 28.4 Å². The van der Waals surface area contributed by atoms with E-state index in [1.165, 1.54) is 58.2 Å². The van der Waals surface area contributed by atoms with Crippen LogP contribution < -0.4 is 5.32 Å². The normalized spacial score (nSPS) is 20.2. The molecule has 0 atom stereocenters. The summed E-state index contributed by atoms with van der Waals surface area (Å²) in [5, 5.41) is 3.51. The number of likely N-dealkylation sites (tertiary alicyclic amines) is 1. The molecule has 2 aliphatic heterocycles. The summed E-state index contributed by atoms with van der Waals surface area (Å²) < 4.78 is 0. The van der Waals surface area contributed by atoms with E-state index in [9.17, 15) is 0 Å². The topological polar surface area (TPSA) is 15.3 Å². The van der Waals surface area contributed by atoms with Gasteiger partial charge in [0.2, 0.25) is 0 Å². The van der Waals surface area contributed by atoms with E-state index in [0.717, 1.165) is 13.1 Å². The predicted molar refractivity (Wildman–Crippen MR) is 80.5 cm³/mol. The molecule has 1 saturated heterocycles. The molecule has 19 heavy (non-hydrogen) atoms. The molecule has 104 valence electrons. The summed E-state index contributed by atoms with van der Waals surface area (Å²) in [7, 11) is 0. The van der Waals surface area contributed by atoms with Crippen molar-refractivity contribution in [3.8, 4) is 0 Å². The lowest BCUT2D eigenvalue weighted by atomic mass is 9.93. The number of benzene rings is 1. The first-order valence-corrected chi connectivity index (χ1v) is 7.96. The standard InChI is InChI=1S/C17H26N2/c1-2-11-19(12-3-1)13-5-8-15-6-4-7-16-9-10-18-14-17(15)16/h4,6-7,18H,1-3,5,8-14H2. The Bertz CT molecular complexity index is 408. The van der Waals surface area contributed by atoms with Gasteiger partial charge in [-0.05, 0) is 75.0 Å². The van der Waals surface area contributed by atoms with Crippen molar-refractivity contribution in [1.82, 2.24) is 10.2 Å².